The van der Waals surface area contributed by atoms with Gasteiger partial charge in [0.25, 0.3) is 0 Å². The molecule has 1 unspecified atom stereocenters. The van der Waals surface area contributed by atoms with Crippen molar-refractivity contribution in [2.75, 3.05) is 18.9 Å². The fraction of sp³-hybridized carbons (Fsp3) is 0.615. The van der Waals surface area contributed by atoms with E-state index in [1.165, 1.54) is 24.8 Å². The summed E-state index contributed by atoms with van der Waals surface area (Å²) in [5, 5.41) is 9.44. The number of anilines is 1. The number of nitrogen functional groups attached to an aromatic ring is 1. The first-order chi connectivity index (χ1) is 8.29. The molecule has 0 saturated carbocycles. The van der Waals surface area contributed by atoms with Crippen LogP contribution in [0.2, 0.25) is 0 Å². The Kier molecular flexibility index (Phi) is 4.34. The monoisotopic (exact) mass is 235 g/mol. The zero-order chi connectivity index (χ0) is 12.1. The molecule has 1 aliphatic heterocycles. The van der Waals surface area contributed by atoms with Crippen LogP contribution in [0.4, 0.5) is 5.82 Å². The Morgan fingerprint density at radius 1 is 1.41 bits per heavy atom. The lowest BCUT2D eigenvalue weighted by atomic mass is 10.1. The first-order valence-electron chi connectivity index (χ1n) is 6.35. The molecule has 0 aromatic carbocycles. The zero-order valence-electron chi connectivity index (χ0n) is 10.2. The number of aromatic nitrogens is 1. The van der Waals surface area contributed by atoms with E-state index < -0.39 is 0 Å². The van der Waals surface area contributed by atoms with E-state index in [9.17, 15) is 5.11 Å². The summed E-state index contributed by atoms with van der Waals surface area (Å²) in [4.78, 5) is 6.36. The second-order valence-electron chi connectivity index (χ2n) is 4.75. The highest BCUT2D eigenvalue weighted by atomic mass is 16.3. The molecule has 1 atom stereocenters. The molecular formula is C13H21N3O. The number of likely N-dealkylation sites (tertiary alicyclic amines) is 1. The van der Waals surface area contributed by atoms with E-state index in [1.807, 2.05) is 12.1 Å². The highest BCUT2D eigenvalue weighted by molar-refractivity contribution is 5.31. The number of hydrogen-bond donors (Lipinski definition) is 2. The molecule has 1 aliphatic rings. The number of pyridine rings is 1. The van der Waals surface area contributed by atoms with Crippen molar-refractivity contribution < 1.29 is 5.11 Å². The third-order valence-corrected chi connectivity index (χ3v) is 3.44. The van der Waals surface area contributed by atoms with E-state index in [2.05, 4.69) is 9.88 Å². The van der Waals surface area contributed by atoms with Gasteiger partial charge in [0.2, 0.25) is 0 Å². The number of aliphatic hydroxyl groups excluding tert-OH is 1. The summed E-state index contributed by atoms with van der Waals surface area (Å²) < 4.78 is 0. The van der Waals surface area contributed by atoms with Gasteiger partial charge in [-0.3, -0.25) is 4.90 Å². The highest BCUT2D eigenvalue weighted by Gasteiger charge is 2.20. The van der Waals surface area contributed by atoms with Crippen LogP contribution >= 0.6 is 0 Å². The third kappa shape index (κ3) is 3.41. The molecule has 3 N–H and O–H groups in total. The molecule has 4 heteroatoms. The predicted molar refractivity (Wildman–Crippen MR) is 68.4 cm³/mol. The lowest BCUT2D eigenvalue weighted by Crippen LogP contribution is -2.36. The quantitative estimate of drug-likeness (QED) is 0.831. The largest absolute Gasteiger partial charge is 0.395 e. The maximum Gasteiger partial charge on any atom is 0.123 e. The van der Waals surface area contributed by atoms with Crippen LogP contribution < -0.4 is 5.73 Å². The van der Waals surface area contributed by atoms with E-state index in [1.54, 1.807) is 6.20 Å². The molecule has 2 rings (SSSR count). The summed E-state index contributed by atoms with van der Waals surface area (Å²) in [5.74, 6) is 0.567. The molecule has 0 spiro atoms. The Balaban J connectivity index is 2.04. The molecule has 0 amide bonds. The fourth-order valence-electron chi connectivity index (χ4n) is 2.48. The van der Waals surface area contributed by atoms with Gasteiger partial charge in [0.05, 0.1) is 6.61 Å². The molecule has 2 heterocycles. The summed E-state index contributed by atoms with van der Waals surface area (Å²) in [7, 11) is 0. The molecule has 1 aromatic heterocycles. The third-order valence-electron chi connectivity index (χ3n) is 3.44. The van der Waals surface area contributed by atoms with Crippen molar-refractivity contribution in [2.24, 2.45) is 0 Å². The van der Waals surface area contributed by atoms with Crippen LogP contribution in [-0.4, -0.2) is 34.2 Å². The number of nitrogens with two attached hydrogens (primary N) is 1. The molecule has 17 heavy (non-hydrogen) atoms. The molecule has 1 aromatic rings. The first kappa shape index (κ1) is 12.3. The number of aliphatic hydroxyl groups is 1. The maximum absolute atomic E-state index is 9.44. The molecule has 0 radical (unpaired) electrons. The fourth-order valence-corrected chi connectivity index (χ4v) is 2.48. The smallest absolute Gasteiger partial charge is 0.123 e. The summed E-state index contributed by atoms with van der Waals surface area (Å²) in [6.07, 6.45) is 6.55. The summed E-state index contributed by atoms with van der Waals surface area (Å²) >= 11 is 0. The lowest BCUT2D eigenvalue weighted by molar-refractivity contribution is 0.118. The number of nitrogens with zero attached hydrogens (tertiary/aromatic N) is 2. The van der Waals surface area contributed by atoms with Gasteiger partial charge in [-0.2, -0.15) is 0 Å². The Morgan fingerprint density at radius 2 is 2.29 bits per heavy atom. The summed E-state index contributed by atoms with van der Waals surface area (Å²) in [6.45, 7) is 2.17. The van der Waals surface area contributed by atoms with Crippen LogP contribution in [0, 0.1) is 0 Å². The van der Waals surface area contributed by atoms with Gasteiger partial charge in [0.15, 0.2) is 0 Å². The first-order valence-corrected chi connectivity index (χ1v) is 6.35. The van der Waals surface area contributed by atoms with Gasteiger partial charge in [0, 0.05) is 18.8 Å². The average Bonchev–Trinajstić information content (AvgIpc) is 2.54. The van der Waals surface area contributed by atoms with Crippen molar-refractivity contribution in [1.82, 2.24) is 9.88 Å². The molecule has 0 bridgehead atoms. The van der Waals surface area contributed by atoms with E-state index in [-0.39, 0.29) is 6.61 Å². The van der Waals surface area contributed by atoms with Gasteiger partial charge in [0.1, 0.15) is 5.82 Å². The van der Waals surface area contributed by atoms with Crippen molar-refractivity contribution in [2.45, 2.75) is 38.3 Å². The van der Waals surface area contributed by atoms with Crippen molar-refractivity contribution in [3.8, 4) is 0 Å². The SMILES string of the molecule is Nc1cc(CN2CCCCCC2CO)ccn1. The molecule has 94 valence electrons. The minimum Gasteiger partial charge on any atom is -0.395 e. The van der Waals surface area contributed by atoms with Gasteiger partial charge in [-0.25, -0.2) is 4.98 Å². The van der Waals surface area contributed by atoms with Gasteiger partial charge < -0.3 is 10.8 Å². The normalized spacial score (nSPS) is 22.3. The van der Waals surface area contributed by atoms with Gasteiger partial charge in [-0.05, 0) is 37.1 Å². The van der Waals surface area contributed by atoms with E-state index in [0.29, 0.717) is 11.9 Å². The Labute approximate surface area is 102 Å². The highest BCUT2D eigenvalue weighted by Crippen LogP contribution is 2.19. The van der Waals surface area contributed by atoms with E-state index in [0.717, 1.165) is 19.5 Å². The van der Waals surface area contributed by atoms with E-state index >= 15 is 0 Å². The summed E-state index contributed by atoms with van der Waals surface area (Å²) in [6, 6.07) is 4.21. The Bertz CT molecular complexity index is 356. The average molecular weight is 235 g/mol. The maximum atomic E-state index is 9.44. The van der Waals surface area contributed by atoms with Gasteiger partial charge in [-0.1, -0.05) is 12.8 Å². The Hall–Kier alpha value is -1.13. The molecular weight excluding hydrogens is 214 g/mol. The molecule has 0 aliphatic carbocycles. The van der Waals surface area contributed by atoms with Crippen LogP contribution in [0.5, 0.6) is 0 Å². The zero-order valence-corrected chi connectivity index (χ0v) is 10.2. The second-order valence-corrected chi connectivity index (χ2v) is 4.75. The number of hydrogen-bond acceptors (Lipinski definition) is 4. The van der Waals surface area contributed by atoms with Gasteiger partial charge in [-0.15, -0.1) is 0 Å². The Morgan fingerprint density at radius 3 is 3.06 bits per heavy atom. The standard InChI is InChI=1S/C13H21N3O/c14-13-8-11(5-6-15-13)9-16-7-3-1-2-4-12(16)10-17/h5-6,8,12,17H,1-4,7,9-10H2,(H2,14,15). The molecule has 4 nitrogen and oxygen atoms in total. The van der Waals surface area contributed by atoms with Crippen LogP contribution in [0.15, 0.2) is 18.3 Å². The predicted octanol–water partition coefficient (Wildman–Crippen LogP) is 1.40. The molecule has 1 saturated heterocycles. The van der Waals surface area contributed by atoms with Crippen molar-refractivity contribution in [1.29, 1.82) is 0 Å². The van der Waals surface area contributed by atoms with Crippen molar-refractivity contribution >= 4 is 5.82 Å². The van der Waals surface area contributed by atoms with Crippen molar-refractivity contribution in [3.63, 3.8) is 0 Å². The number of rotatable bonds is 3. The van der Waals surface area contributed by atoms with Gasteiger partial charge >= 0.3 is 0 Å². The minimum atomic E-state index is 0.251. The van der Waals surface area contributed by atoms with Crippen LogP contribution in [0.25, 0.3) is 0 Å². The van der Waals surface area contributed by atoms with Crippen LogP contribution in [-0.2, 0) is 6.54 Å². The summed E-state index contributed by atoms with van der Waals surface area (Å²) in [5.41, 5.74) is 6.86. The molecule has 1 fully saturated rings. The lowest BCUT2D eigenvalue weighted by Gasteiger charge is -2.28. The minimum absolute atomic E-state index is 0.251. The van der Waals surface area contributed by atoms with Crippen molar-refractivity contribution in [3.05, 3.63) is 23.9 Å². The topological polar surface area (TPSA) is 62.4 Å². The van der Waals surface area contributed by atoms with Crippen LogP contribution in [0.1, 0.15) is 31.2 Å². The second kappa shape index (κ2) is 5.98. The van der Waals surface area contributed by atoms with E-state index in [4.69, 9.17) is 5.73 Å². The van der Waals surface area contributed by atoms with Crippen LogP contribution in [0.3, 0.4) is 0 Å².